The Kier molecular flexibility index (Phi) is 2.23. The Labute approximate surface area is 102 Å². The zero-order chi connectivity index (χ0) is 11.8. The molecule has 0 saturated carbocycles. The number of nitrogen functional groups attached to an aromatic ring is 1. The lowest BCUT2D eigenvalue weighted by atomic mass is 10.2. The van der Waals surface area contributed by atoms with Gasteiger partial charge in [-0.1, -0.05) is 0 Å². The number of phenolic OH excluding ortho intramolecular Hbond substituents is 1. The van der Waals surface area contributed by atoms with Crippen molar-refractivity contribution in [3.05, 3.63) is 42.6 Å². The van der Waals surface area contributed by atoms with E-state index in [0.29, 0.717) is 5.69 Å². The molecule has 0 spiro atoms. The van der Waals surface area contributed by atoms with Crippen molar-refractivity contribution < 1.29 is 5.11 Å². The highest BCUT2D eigenvalue weighted by Crippen LogP contribution is 2.34. The Balaban J connectivity index is 2.18. The van der Waals surface area contributed by atoms with Crippen molar-refractivity contribution in [1.29, 1.82) is 0 Å². The molecule has 2 aromatic heterocycles. The molecule has 1 aromatic carbocycles. The van der Waals surface area contributed by atoms with Crippen LogP contribution >= 0.6 is 11.3 Å². The molecule has 0 aliphatic rings. The maximum absolute atomic E-state index is 9.42. The normalized spacial score (nSPS) is 10.8. The topological polar surface area (TPSA) is 59.1 Å². The molecule has 3 aromatic rings. The van der Waals surface area contributed by atoms with E-state index < -0.39 is 0 Å². The van der Waals surface area contributed by atoms with Gasteiger partial charge in [-0.25, -0.2) is 0 Å². The molecule has 2 heterocycles. The molecule has 3 N–H and O–H groups in total. The van der Waals surface area contributed by atoms with Gasteiger partial charge in [0.1, 0.15) is 5.75 Å². The van der Waals surface area contributed by atoms with Crippen LogP contribution < -0.4 is 5.73 Å². The highest BCUT2D eigenvalue weighted by atomic mass is 32.1. The van der Waals surface area contributed by atoms with Crippen molar-refractivity contribution in [2.24, 2.45) is 0 Å². The van der Waals surface area contributed by atoms with Crippen LogP contribution in [0.2, 0.25) is 0 Å². The van der Waals surface area contributed by atoms with Gasteiger partial charge in [0.05, 0.1) is 10.6 Å². The van der Waals surface area contributed by atoms with Gasteiger partial charge in [-0.2, -0.15) is 0 Å². The quantitative estimate of drug-likeness (QED) is 0.688. The molecule has 17 heavy (non-hydrogen) atoms. The molecule has 84 valence electrons. The van der Waals surface area contributed by atoms with Gasteiger partial charge in [0.15, 0.2) is 0 Å². The SMILES string of the molecule is Nc1ccnc(-c2cc3cc(O)ccc3s2)c1. The van der Waals surface area contributed by atoms with Crippen molar-refractivity contribution >= 4 is 27.1 Å². The lowest BCUT2D eigenvalue weighted by Gasteiger charge is -1.96. The fourth-order valence-electron chi connectivity index (χ4n) is 1.74. The molecular formula is C13H10N2OS. The Morgan fingerprint density at radius 3 is 2.82 bits per heavy atom. The van der Waals surface area contributed by atoms with E-state index in [0.717, 1.165) is 20.7 Å². The summed E-state index contributed by atoms with van der Waals surface area (Å²) in [5.74, 6) is 0.280. The summed E-state index contributed by atoms with van der Waals surface area (Å²) in [6.45, 7) is 0. The summed E-state index contributed by atoms with van der Waals surface area (Å²) in [4.78, 5) is 5.35. The van der Waals surface area contributed by atoms with Crippen LogP contribution in [0.5, 0.6) is 5.75 Å². The van der Waals surface area contributed by atoms with E-state index in [2.05, 4.69) is 4.98 Å². The number of fused-ring (bicyclic) bond motifs is 1. The summed E-state index contributed by atoms with van der Waals surface area (Å²) in [7, 11) is 0. The van der Waals surface area contributed by atoms with Crippen LogP contribution in [0.4, 0.5) is 5.69 Å². The van der Waals surface area contributed by atoms with Crippen LogP contribution in [0.3, 0.4) is 0 Å². The number of rotatable bonds is 1. The van der Waals surface area contributed by atoms with Crippen molar-refractivity contribution in [1.82, 2.24) is 4.98 Å². The summed E-state index contributed by atoms with van der Waals surface area (Å²) in [6, 6.07) is 11.0. The highest BCUT2D eigenvalue weighted by Gasteiger charge is 2.06. The van der Waals surface area contributed by atoms with E-state index in [4.69, 9.17) is 5.73 Å². The maximum atomic E-state index is 9.42. The Hall–Kier alpha value is -2.07. The molecule has 3 nitrogen and oxygen atoms in total. The number of benzene rings is 1. The van der Waals surface area contributed by atoms with Gasteiger partial charge < -0.3 is 10.8 Å². The monoisotopic (exact) mass is 242 g/mol. The molecule has 0 fully saturated rings. The number of hydrogen-bond donors (Lipinski definition) is 2. The largest absolute Gasteiger partial charge is 0.508 e. The van der Waals surface area contributed by atoms with E-state index >= 15 is 0 Å². The van der Waals surface area contributed by atoms with Crippen LogP contribution in [0.25, 0.3) is 20.7 Å². The van der Waals surface area contributed by atoms with Crippen LogP contribution in [0, 0.1) is 0 Å². The fourth-order valence-corrected chi connectivity index (χ4v) is 2.75. The zero-order valence-electron chi connectivity index (χ0n) is 8.92. The zero-order valence-corrected chi connectivity index (χ0v) is 9.74. The molecule has 3 rings (SSSR count). The van der Waals surface area contributed by atoms with E-state index in [1.54, 1.807) is 35.7 Å². The van der Waals surface area contributed by atoms with Gasteiger partial charge in [-0.3, -0.25) is 4.98 Å². The van der Waals surface area contributed by atoms with Gasteiger partial charge in [-0.15, -0.1) is 11.3 Å². The van der Waals surface area contributed by atoms with Crippen LogP contribution in [-0.2, 0) is 0 Å². The summed E-state index contributed by atoms with van der Waals surface area (Å²) in [5, 5.41) is 10.4. The first-order chi connectivity index (χ1) is 8.22. The third-order valence-corrected chi connectivity index (χ3v) is 3.67. The van der Waals surface area contributed by atoms with Crippen molar-refractivity contribution in [2.45, 2.75) is 0 Å². The van der Waals surface area contributed by atoms with E-state index in [1.807, 2.05) is 18.2 Å². The lowest BCUT2D eigenvalue weighted by molar-refractivity contribution is 0.476. The minimum absolute atomic E-state index is 0.280. The average molecular weight is 242 g/mol. The maximum Gasteiger partial charge on any atom is 0.116 e. The number of phenols is 1. The van der Waals surface area contributed by atoms with Crippen LogP contribution in [0.1, 0.15) is 0 Å². The standard InChI is InChI=1S/C13H10N2OS/c14-9-3-4-15-11(7-9)13-6-8-5-10(16)1-2-12(8)17-13/h1-7,16H,(H2,14,15). The highest BCUT2D eigenvalue weighted by molar-refractivity contribution is 7.22. The first-order valence-electron chi connectivity index (χ1n) is 5.17. The number of anilines is 1. The van der Waals surface area contributed by atoms with E-state index in [1.165, 1.54) is 0 Å². The van der Waals surface area contributed by atoms with Gasteiger partial charge in [0.25, 0.3) is 0 Å². The Morgan fingerprint density at radius 2 is 2.00 bits per heavy atom. The van der Waals surface area contributed by atoms with Gasteiger partial charge in [0, 0.05) is 16.6 Å². The number of nitrogens with two attached hydrogens (primary N) is 1. The number of nitrogens with zero attached hydrogens (tertiary/aromatic N) is 1. The molecule has 4 heteroatoms. The smallest absolute Gasteiger partial charge is 0.116 e. The first kappa shape index (κ1) is 10.1. The third-order valence-electron chi connectivity index (χ3n) is 2.54. The van der Waals surface area contributed by atoms with E-state index in [9.17, 15) is 5.11 Å². The van der Waals surface area contributed by atoms with Gasteiger partial charge in [-0.05, 0) is 41.8 Å². The molecule has 0 bridgehead atoms. The summed E-state index contributed by atoms with van der Waals surface area (Å²) < 4.78 is 1.13. The number of pyridine rings is 1. The Morgan fingerprint density at radius 1 is 1.12 bits per heavy atom. The van der Waals surface area contributed by atoms with Crippen LogP contribution in [0.15, 0.2) is 42.6 Å². The van der Waals surface area contributed by atoms with Gasteiger partial charge >= 0.3 is 0 Å². The second-order valence-electron chi connectivity index (χ2n) is 3.81. The van der Waals surface area contributed by atoms with Gasteiger partial charge in [0.2, 0.25) is 0 Å². The molecular weight excluding hydrogens is 232 g/mol. The number of hydrogen-bond acceptors (Lipinski definition) is 4. The second kappa shape index (κ2) is 3.75. The molecule has 0 aliphatic heterocycles. The predicted molar refractivity (Wildman–Crippen MR) is 71.1 cm³/mol. The average Bonchev–Trinajstić information content (AvgIpc) is 2.72. The third kappa shape index (κ3) is 1.83. The number of aromatic hydroxyl groups is 1. The second-order valence-corrected chi connectivity index (χ2v) is 4.89. The number of aromatic nitrogens is 1. The van der Waals surface area contributed by atoms with Crippen molar-refractivity contribution in [2.75, 3.05) is 5.73 Å². The van der Waals surface area contributed by atoms with Crippen molar-refractivity contribution in [3.8, 4) is 16.3 Å². The minimum atomic E-state index is 0.280. The molecule has 0 amide bonds. The molecule has 0 radical (unpaired) electrons. The summed E-state index contributed by atoms with van der Waals surface area (Å²) in [5.41, 5.74) is 7.31. The lowest BCUT2D eigenvalue weighted by Crippen LogP contribution is -1.86. The van der Waals surface area contributed by atoms with E-state index in [-0.39, 0.29) is 5.75 Å². The molecule has 0 aliphatic carbocycles. The predicted octanol–water partition coefficient (Wildman–Crippen LogP) is 3.25. The number of thiophene rings is 1. The molecule has 0 saturated heterocycles. The Bertz CT molecular complexity index is 691. The summed E-state index contributed by atoms with van der Waals surface area (Å²) >= 11 is 1.64. The van der Waals surface area contributed by atoms with Crippen LogP contribution in [-0.4, -0.2) is 10.1 Å². The molecule has 0 atom stereocenters. The fraction of sp³-hybridized carbons (Fsp3) is 0. The first-order valence-corrected chi connectivity index (χ1v) is 5.98. The minimum Gasteiger partial charge on any atom is -0.508 e. The van der Waals surface area contributed by atoms with Crippen molar-refractivity contribution in [3.63, 3.8) is 0 Å². The molecule has 0 unspecified atom stereocenters. The summed E-state index contributed by atoms with van der Waals surface area (Å²) in [6.07, 6.45) is 1.70.